The van der Waals surface area contributed by atoms with Gasteiger partial charge >= 0.3 is 0 Å². The van der Waals surface area contributed by atoms with Crippen LogP contribution in [0.25, 0.3) is 0 Å². The predicted octanol–water partition coefficient (Wildman–Crippen LogP) is 4.11. The molecular weight excluding hydrogens is 412 g/mol. The maximum absolute atomic E-state index is 13.3. The highest BCUT2D eigenvalue weighted by molar-refractivity contribution is 7.92. The quantitative estimate of drug-likeness (QED) is 0.604. The van der Waals surface area contributed by atoms with Crippen LogP contribution in [0.5, 0.6) is 5.75 Å². The summed E-state index contributed by atoms with van der Waals surface area (Å²) >= 11 is 0. The van der Waals surface area contributed by atoms with E-state index in [2.05, 4.69) is 0 Å². The Hall–Kier alpha value is -3.32. The Bertz CT molecular complexity index is 1220. The molecule has 0 aromatic heterocycles. The Labute approximate surface area is 182 Å². The Kier molecular flexibility index (Phi) is 5.45. The van der Waals surface area contributed by atoms with E-state index in [0.29, 0.717) is 17.0 Å². The highest BCUT2D eigenvalue weighted by Gasteiger charge is 2.32. The van der Waals surface area contributed by atoms with E-state index in [1.165, 1.54) is 23.5 Å². The second kappa shape index (κ2) is 8.07. The smallest absolute Gasteiger partial charge is 0.264 e. The van der Waals surface area contributed by atoms with Crippen LogP contribution in [0.15, 0.2) is 77.7 Å². The lowest BCUT2D eigenvalue weighted by Crippen LogP contribution is -2.36. The van der Waals surface area contributed by atoms with E-state index in [9.17, 15) is 13.2 Å². The molecule has 0 spiro atoms. The Morgan fingerprint density at radius 3 is 2.45 bits per heavy atom. The van der Waals surface area contributed by atoms with Gasteiger partial charge in [-0.2, -0.15) is 0 Å². The SMILES string of the molecule is COc1ccc(N(C)S(=O)(=O)c2cccc(C(=O)N3c4ccccc4CC3C)c2)cc1. The van der Waals surface area contributed by atoms with Gasteiger partial charge in [-0.3, -0.25) is 9.10 Å². The number of benzene rings is 3. The maximum atomic E-state index is 13.3. The fourth-order valence-electron chi connectivity index (χ4n) is 3.89. The first-order valence-electron chi connectivity index (χ1n) is 9.97. The minimum Gasteiger partial charge on any atom is -0.497 e. The molecule has 0 saturated carbocycles. The van der Waals surface area contributed by atoms with Gasteiger partial charge in [-0.25, -0.2) is 8.42 Å². The van der Waals surface area contributed by atoms with Crippen LogP contribution >= 0.6 is 0 Å². The van der Waals surface area contributed by atoms with Gasteiger partial charge in [0.25, 0.3) is 15.9 Å². The van der Waals surface area contributed by atoms with E-state index in [1.807, 2.05) is 31.2 Å². The van der Waals surface area contributed by atoms with E-state index in [0.717, 1.165) is 17.7 Å². The van der Waals surface area contributed by atoms with Gasteiger partial charge in [-0.1, -0.05) is 24.3 Å². The topological polar surface area (TPSA) is 66.9 Å². The normalized spacial score (nSPS) is 15.5. The second-order valence-corrected chi connectivity index (χ2v) is 9.52. The zero-order valence-corrected chi connectivity index (χ0v) is 18.5. The predicted molar refractivity (Wildman–Crippen MR) is 121 cm³/mol. The Morgan fingerprint density at radius 2 is 1.74 bits per heavy atom. The number of rotatable bonds is 5. The summed E-state index contributed by atoms with van der Waals surface area (Å²) < 4.78 is 32.8. The number of hydrogen-bond donors (Lipinski definition) is 0. The number of fused-ring (bicyclic) bond motifs is 1. The minimum atomic E-state index is -3.84. The first-order valence-corrected chi connectivity index (χ1v) is 11.4. The number of amides is 1. The maximum Gasteiger partial charge on any atom is 0.264 e. The molecule has 0 bridgehead atoms. The number of carbonyl (C=O) groups is 1. The van der Waals surface area contributed by atoms with Crippen LogP contribution in [0.1, 0.15) is 22.8 Å². The number of hydrogen-bond acceptors (Lipinski definition) is 4. The van der Waals surface area contributed by atoms with Crippen molar-refractivity contribution in [3.8, 4) is 5.75 Å². The van der Waals surface area contributed by atoms with E-state index in [1.54, 1.807) is 48.4 Å². The molecule has 0 saturated heterocycles. The molecule has 0 fully saturated rings. The molecule has 3 aromatic rings. The van der Waals surface area contributed by atoms with E-state index >= 15 is 0 Å². The summed E-state index contributed by atoms with van der Waals surface area (Å²) in [6.45, 7) is 2.00. The van der Waals surface area contributed by atoms with Crippen molar-refractivity contribution in [2.75, 3.05) is 23.4 Å². The van der Waals surface area contributed by atoms with Crippen molar-refractivity contribution in [3.63, 3.8) is 0 Å². The summed E-state index contributed by atoms with van der Waals surface area (Å²) in [5.41, 5.74) is 2.84. The minimum absolute atomic E-state index is 0.00661. The number of para-hydroxylation sites is 1. The molecule has 0 radical (unpaired) electrons. The summed E-state index contributed by atoms with van der Waals surface area (Å²) in [6, 6.07) is 20.8. The lowest BCUT2D eigenvalue weighted by molar-refractivity contribution is 0.0981. The fourth-order valence-corrected chi connectivity index (χ4v) is 5.13. The molecule has 0 N–H and O–H groups in total. The average molecular weight is 437 g/mol. The third kappa shape index (κ3) is 3.77. The van der Waals surface area contributed by atoms with Crippen molar-refractivity contribution in [2.24, 2.45) is 0 Å². The molecule has 1 aliphatic rings. The third-order valence-corrected chi connectivity index (χ3v) is 7.38. The van der Waals surface area contributed by atoms with Crippen molar-refractivity contribution in [3.05, 3.63) is 83.9 Å². The van der Waals surface area contributed by atoms with Gasteiger partial charge in [0.05, 0.1) is 17.7 Å². The van der Waals surface area contributed by atoms with Crippen molar-refractivity contribution >= 4 is 27.3 Å². The molecule has 31 heavy (non-hydrogen) atoms. The van der Waals surface area contributed by atoms with Crippen LogP contribution in [0, 0.1) is 0 Å². The molecule has 160 valence electrons. The van der Waals surface area contributed by atoms with Crippen LogP contribution in [-0.4, -0.2) is 34.5 Å². The summed E-state index contributed by atoms with van der Waals surface area (Å²) in [7, 11) is -0.800. The van der Waals surface area contributed by atoms with Gasteiger partial charge in [-0.05, 0) is 67.4 Å². The summed E-state index contributed by atoms with van der Waals surface area (Å²) in [5.74, 6) is 0.434. The van der Waals surface area contributed by atoms with Gasteiger partial charge in [0.2, 0.25) is 0 Å². The summed E-state index contributed by atoms with van der Waals surface area (Å²) in [5, 5.41) is 0. The highest BCUT2D eigenvalue weighted by atomic mass is 32.2. The van der Waals surface area contributed by atoms with Gasteiger partial charge < -0.3 is 9.64 Å². The van der Waals surface area contributed by atoms with Gasteiger partial charge in [0, 0.05) is 24.3 Å². The molecule has 1 unspecified atom stereocenters. The van der Waals surface area contributed by atoms with Crippen molar-refractivity contribution in [2.45, 2.75) is 24.3 Å². The molecule has 1 aliphatic heterocycles. The zero-order valence-electron chi connectivity index (χ0n) is 17.6. The largest absolute Gasteiger partial charge is 0.497 e. The van der Waals surface area contributed by atoms with E-state index in [4.69, 9.17) is 4.74 Å². The first kappa shape index (κ1) is 20.9. The van der Waals surface area contributed by atoms with Crippen LogP contribution in [-0.2, 0) is 16.4 Å². The molecule has 3 aromatic carbocycles. The number of anilines is 2. The Morgan fingerprint density at radius 1 is 1.03 bits per heavy atom. The number of nitrogens with zero attached hydrogens (tertiary/aromatic N) is 2. The fraction of sp³-hybridized carbons (Fsp3) is 0.208. The van der Waals surface area contributed by atoms with E-state index in [-0.39, 0.29) is 16.8 Å². The molecule has 6 nitrogen and oxygen atoms in total. The molecule has 1 amide bonds. The zero-order chi connectivity index (χ0) is 22.2. The molecule has 7 heteroatoms. The standard InChI is InChI=1S/C24H24N2O4S/c1-17-15-18-7-4-5-10-23(18)26(17)24(27)19-8-6-9-22(16-19)31(28,29)25(2)20-11-13-21(30-3)14-12-20/h4-14,16-17H,15H2,1-3H3. The van der Waals surface area contributed by atoms with Crippen molar-refractivity contribution in [1.82, 2.24) is 0 Å². The monoisotopic (exact) mass is 436 g/mol. The molecule has 4 rings (SSSR count). The molecule has 1 atom stereocenters. The van der Waals surface area contributed by atoms with Crippen LogP contribution in [0.4, 0.5) is 11.4 Å². The second-order valence-electron chi connectivity index (χ2n) is 7.56. The molecule has 1 heterocycles. The average Bonchev–Trinajstić information content (AvgIpc) is 3.13. The Balaban J connectivity index is 1.65. The number of sulfonamides is 1. The van der Waals surface area contributed by atoms with Crippen LogP contribution in [0.3, 0.4) is 0 Å². The van der Waals surface area contributed by atoms with Gasteiger partial charge in [0.15, 0.2) is 0 Å². The van der Waals surface area contributed by atoms with Gasteiger partial charge in [0.1, 0.15) is 5.75 Å². The van der Waals surface area contributed by atoms with Crippen molar-refractivity contribution < 1.29 is 17.9 Å². The highest BCUT2D eigenvalue weighted by Crippen LogP contribution is 2.33. The molecule has 0 aliphatic carbocycles. The van der Waals surface area contributed by atoms with Crippen LogP contribution < -0.4 is 13.9 Å². The summed E-state index contributed by atoms with van der Waals surface area (Å²) in [4.78, 5) is 15.1. The first-order chi connectivity index (χ1) is 14.8. The lowest BCUT2D eigenvalue weighted by Gasteiger charge is -2.24. The third-order valence-electron chi connectivity index (χ3n) is 5.60. The van der Waals surface area contributed by atoms with E-state index < -0.39 is 10.0 Å². The number of ether oxygens (including phenoxy) is 1. The van der Waals surface area contributed by atoms with Crippen LogP contribution in [0.2, 0.25) is 0 Å². The van der Waals surface area contributed by atoms with Gasteiger partial charge in [-0.15, -0.1) is 0 Å². The summed E-state index contributed by atoms with van der Waals surface area (Å²) in [6.07, 6.45) is 0.778. The number of carbonyl (C=O) groups excluding carboxylic acids is 1. The molecular formula is C24H24N2O4S. The van der Waals surface area contributed by atoms with Crippen molar-refractivity contribution in [1.29, 1.82) is 0 Å². The lowest BCUT2D eigenvalue weighted by atomic mass is 10.1. The number of methoxy groups -OCH3 is 1.